The Morgan fingerprint density at radius 3 is 1.24 bits per heavy atom. The number of imidazole rings is 4. The Hall–Kier alpha value is -8.55. The molecule has 0 N–H and O–H groups in total. The first-order chi connectivity index (χ1) is 34.7. The third-order valence-electron chi connectivity index (χ3n) is 14.4. The number of hydrogen-bond donors (Lipinski definition) is 0. The number of fused-ring (bicyclic) bond motifs is 13. The van der Waals surface area contributed by atoms with Gasteiger partial charge in [0, 0.05) is 5.52 Å². The molecule has 0 aliphatic heterocycles. The van der Waals surface area contributed by atoms with Crippen LogP contribution in [0.3, 0.4) is 0 Å². The van der Waals surface area contributed by atoms with Crippen LogP contribution in [0.25, 0.3) is 94.6 Å². The van der Waals surface area contributed by atoms with E-state index in [4.69, 9.17) is 9.97 Å². The van der Waals surface area contributed by atoms with Crippen LogP contribution in [-0.4, -0.2) is 40.5 Å². The van der Waals surface area contributed by atoms with Crippen LogP contribution < -0.4 is 20.7 Å². The Bertz CT molecular complexity index is 4450. The van der Waals surface area contributed by atoms with E-state index < -0.39 is 8.07 Å². The van der Waals surface area contributed by atoms with Crippen molar-refractivity contribution in [2.24, 2.45) is 0 Å². The Kier molecular flexibility index (Phi) is 9.34. The first-order valence-electron chi connectivity index (χ1n) is 23.7. The zero-order valence-corrected chi connectivity index (χ0v) is 41.2. The normalized spacial score (nSPS) is 12.1. The van der Waals surface area contributed by atoms with E-state index in [9.17, 15) is 0 Å². The van der Waals surface area contributed by atoms with Crippen LogP contribution in [0.5, 0.6) is 0 Å². The molecule has 0 bridgehead atoms. The molecule has 0 saturated carbocycles. The first-order valence-corrected chi connectivity index (χ1v) is 25.7. The summed E-state index contributed by atoms with van der Waals surface area (Å²) in [7, 11) is -3.12. The zero-order valence-electron chi connectivity index (χ0n) is 38.0. The maximum atomic E-state index is 5.39. The van der Waals surface area contributed by atoms with Crippen LogP contribution in [0, 0.1) is 12.1 Å². The van der Waals surface area contributed by atoms with E-state index in [1.807, 2.05) is 0 Å². The summed E-state index contributed by atoms with van der Waals surface area (Å²) in [5.41, 5.74) is 13.0. The van der Waals surface area contributed by atoms with Gasteiger partial charge in [-0.05, 0) is 75.5 Å². The van der Waals surface area contributed by atoms with Crippen LogP contribution >= 0.6 is 0 Å². The maximum Gasteiger partial charge on any atom is 2.00 e. The molecule has 0 unspecified atom stereocenters. The van der Waals surface area contributed by atoms with E-state index in [0.717, 1.165) is 94.6 Å². The van der Waals surface area contributed by atoms with Crippen LogP contribution in [0.2, 0.25) is 0 Å². The Balaban J connectivity index is 0.00000470. The average molecular weight is 1110 g/mol. The molecule has 0 aliphatic carbocycles. The zero-order chi connectivity index (χ0) is 45.9. The van der Waals surface area contributed by atoms with Crippen molar-refractivity contribution in [3.8, 4) is 17.1 Å². The quantitative estimate of drug-likeness (QED) is 0.0907. The molecular formula is C62H39N7PtSi. The minimum atomic E-state index is -3.12. The number of aromatic nitrogens is 7. The summed E-state index contributed by atoms with van der Waals surface area (Å²) in [6.45, 7) is 0. The molecule has 0 fully saturated rings. The van der Waals surface area contributed by atoms with Gasteiger partial charge in [-0.15, -0.1) is 35.7 Å². The molecule has 15 rings (SSSR count). The fourth-order valence-electron chi connectivity index (χ4n) is 11.5. The Labute approximate surface area is 423 Å². The molecule has 5 aromatic heterocycles. The van der Waals surface area contributed by atoms with Gasteiger partial charge < -0.3 is 13.7 Å². The van der Waals surface area contributed by atoms with Crippen LogP contribution in [0.15, 0.2) is 237 Å². The molecule has 0 saturated heterocycles. The molecule has 10 aromatic carbocycles. The van der Waals surface area contributed by atoms with E-state index in [0.29, 0.717) is 0 Å². The fourth-order valence-corrected chi connectivity index (χ4v) is 16.3. The van der Waals surface area contributed by atoms with Gasteiger partial charge in [-0.1, -0.05) is 180 Å². The van der Waals surface area contributed by atoms with Crippen molar-refractivity contribution in [1.82, 2.24) is 32.5 Å². The van der Waals surface area contributed by atoms with Gasteiger partial charge in [0.25, 0.3) is 0 Å². The smallest absolute Gasteiger partial charge is 0.358 e. The molecule has 71 heavy (non-hydrogen) atoms. The van der Waals surface area contributed by atoms with Gasteiger partial charge in [-0.2, -0.15) is 11.3 Å². The van der Waals surface area contributed by atoms with Crippen molar-refractivity contribution < 1.29 is 21.1 Å². The second-order valence-electron chi connectivity index (χ2n) is 18.1. The monoisotopic (exact) mass is 1100 g/mol. The van der Waals surface area contributed by atoms with E-state index in [1.54, 1.807) is 0 Å². The van der Waals surface area contributed by atoms with Crippen molar-refractivity contribution >= 4 is 106 Å². The van der Waals surface area contributed by atoms with Gasteiger partial charge in [-0.25, -0.2) is 9.97 Å². The Morgan fingerprint density at radius 1 is 0.310 bits per heavy atom. The van der Waals surface area contributed by atoms with E-state index in [-0.39, 0.29) is 21.1 Å². The second kappa shape index (κ2) is 16.0. The standard InChI is InChI=1S/C62H39N7Si.Pt/c1-4-20-45(21-5-1)70(46-22-6-2-7-23-46,47-24-8-3-9-25-47)48-39-43(38-44(40-48)67-57-33-17-19-35-59(57)69-55-31-15-12-28-52(55)64-62(67)69)65-53-29-13-10-26-49(53)50-37-36-42(41-60(50)65)66-56-32-16-18-34-58(56)68-54-30-14-11-27-51(54)63-61(66)68;/h1-37,39-40H;/q-2;+2. The molecule has 0 aliphatic rings. The van der Waals surface area contributed by atoms with E-state index in [1.165, 1.54) is 20.7 Å². The number of rotatable bonds is 7. The molecule has 9 heteroatoms. The maximum absolute atomic E-state index is 5.39. The van der Waals surface area contributed by atoms with Gasteiger partial charge in [0.2, 0.25) is 11.6 Å². The number of para-hydroxylation sites is 9. The van der Waals surface area contributed by atoms with Gasteiger partial charge >= 0.3 is 21.1 Å². The van der Waals surface area contributed by atoms with Crippen LogP contribution in [-0.2, 0) is 21.1 Å². The SMILES string of the molecule is [Pt+2].[c-]1c(-n2c3[c-]c(-n4c5ccccc5n5c6ccccc6nc45)ccc3c3ccccc32)cc([Si](c2ccccc2)(c2ccccc2)c2ccccc2)cc1-n1c2ccccc2n2c3ccccc3nc12. The van der Waals surface area contributed by atoms with Crippen LogP contribution in [0.4, 0.5) is 0 Å². The largest absolute Gasteiger partial charge is 2.00 e. The summed E-state index contributed by atoms with van der Waals surface area (Å²) in [6, 6.07) is 93.6. The van der Waals surface area contributed by atoms with Crippen molar-refractivity contribution in [2.75, 3.05) is 0 Å². The third-order valence-corrected chi connectivity index (χ3v) is 19.2. The molecular weight excluding hydrogens is 1070 g/mol. The summed E-state index contributed by atoms with van der Waals surface area (Å²) < 4.78 is 11.5. The summed E-state index contributed by atoms with van der Waals surface area (Å²) >= 11 is 0. The molecule has 15 aromatic rings. The molecule has 336 valence electrons. The average Bonchev–Trinajstić information content (AvgIpc) is 4.22. The molecule has 0 amide bonds. The summed E-state index contributed by atoms with van der Waals surface area (Å²) in [5.74, 6) is 1.68. The van der Waals surface area contributed by atoms with Gasteiger partial charge in [0.15, 0.2) is 8.07 Å². The van der Waals surface area contributed by atoms with Gasteiger partial charge in [0.1, 0.15) is 0 Å². The molecule has 7 nitrogen and oxygen atoms in total. The van der Waals surface area contributed by atoms with E-state index in [2.05, 4.69) is 271 Å². The topological polar surface area (TPSA) is 49.4 Å². The number of nitrogens with zero attached hydrogens (tertiary/aromatic N) is 7. The van der Waals surface area contributed by atoms with Gasteiger partial charge in [0.05, 0.1) is 44.1 Å². The summed E-state index contributed by atoms with van der Waals surface area (Å²) in [6.07, 6.45) is 0. The van der Waals surface area contributed by atoms with Crippen LogP contribution in [0.1, 0.15) is 0 Å². The Morgan fingerprint density at radius 2 is 0.718 bits per heavy atom. The number of benzene rings is 10. The summed E-state index contributed by atoms with van der Waals surface area (Å²) in [5, 5.41) is 7.33. The second-order valence-corrected chi connectivity index (χ2v) is 21.9. The summed E-state index contributed by atoms with van der Waals surface area (Å²) in [4.78, 5) is 10.6. The van der Waals surface area contributed by atoms with E-state index >= 15 is 0 Å². The molecule has 0 atom stereocenters. The molecule has 5 heterocycles. The predicted molar refractivity (Wildman–Crippen MR) is 288 cm³/mol. The van der Waals surface area contributed by atoms with Crippen molar-refractivity contribution in [3.05, 3.63) is 249 Å². The number of hydrogen-bond acceptors (Lipinski definition) is 2. The van der Waals surface area contributed by atoms with Gasteiger partial charge in [-0.3, -0.25) is 8.80 Å². The molecule has 0 radical (unpaired) electrons. The van der Waals surface area contributed by atoms with Crippen molar-refractivity contribution in [1.29, 1.82) is 0 Å². The fraction of sp³-hybridized carbons (Fsp3) is 0. The minimum absolute atomic E-state index is 0. The minimum Gasteiger partial charge on any atom is -0.358 e. The molecule has 0 spiro atoms. The van der Waals surface area contributed by atoms with Crippen molar-refractivity contribution in [2.45, 2.75) is 0 Å². The third kappa shape index (κ3) is 5.92. The van der Waals surface area contributed by atoms with Crippen molar-refractivity contribution in [3.63, 3.8) is 0 Å². The first kappa shape index (κ1) is 41.4. The predicted octanol–water partition coefficient (Wildman–Crippen LogP) is 11.2.